The van der Waals surface area contributed by atoms with Crippen molar-refractivity contribution in [2.75, 3.05) is 6.61 Å². The lowest BCUT2D eigenvalue weighted by atomic mass is 9.60. The number of H-pyrrole nitrogens is 1. The Morgan fingerprint density at radius 1 is 1.22 bits per heavy atom. The Kier molecular flexibility index (Phi) is 10.2. The maximum absolute atomic E-state index is 13.3. The van der Waals surface area contributed by atoms with Gasteiger partial charge in [-0.1, -0.05) is 51.5 Å². The van der Waals surface area contributed by atoms with Crippen molar-refractivity contribution >= 4 is 5.97 Å². The van der Waals surface area contributed by atoms with Gasteiger partial charge in [-0.25, -0.2) is 4.98 Å². The third kappa shape index (κ3) is 6.92. The molecule has 0 spiro atoms. The van der Waals surface area contributed by atoms with Crippen molar-refractivity contribution in [1.29, 1.82) is 0 Å². The van der Waals surface area contributed by atoms with Gasteiger partial charge in [-0.15, -0.1) is 0 Å². The van der Waals surface area contributed by atoms with Crippen LogP contribution in [0, 0.1) is 28.6 Å². The maximum atomic E-state index is 13.3. The molecule has 4 aliphatic rings. The van der Waals surface area contributed by atoms with Crippen molar-refractivity contribution in [3.8, 4) is 0 Å². The molecule has 0 radical (unpaired) electrons. The number of ether oxygens (including phenoxy) is 1. The van der Waals surface area contributed by atoms with E-state index >= 15 is 0 Å². The first-order valence-corrected chi connectivity index (χ1v) is 17.7. The number of nitrogens with zero attached hydrogens (tertiary/aromatic N) is 1. The van der Waals surface area contributed by atoms with Crippen molar-refractivity contribution in [3.05, 3.63) is 53.2 Å². The van der Waals surface area contributed by atoms with E-state index < -0.39 is 17.6 Å². The second kappa shape index (κ2) is 13.5. The lowest BCUT2D eigenvalue weighted by molar-refractivity contribution is -0.164. The summed E-state index contributed by atoms with van der Waals surface area (Å²) in [6.45, 7) is 14.4. The first-order valence-electron chi connectivity index (χ1n) is 17.7. The highest BCUT2D eigenvalue weighted by Crippen LogP contribution is 2.60. The van der Waals surface area contributed by atoms with Crippen LogP contribution in [0.3, 0.4) is 0 Å². The fourth-order valence-corrected chi connectivity index (χ4v) is 8.95. The van der Waals surface area contributed by atoms with Crippen molar-refractivity contribution in [2.45, 2.75) is 142 Å². The van der Waals surface area contributed by atoms with Crippen LogP contribution in [-0.4, -0.2) is 56.2 Å². The number of imidazole rings is 1. The lowest BCUT2D eigenvalue weighted by Gasteiger charge is -2.44. The number of carbonyl (C=O) groups excluding carboxylic acids is 1. The van der Waals surface area contributed by atoms with Crippen molar-refractivity contribution in [1.82, 2.24) is 9.97 Å². The van der Waals surface area contributed by atoms with Gasteiger partial charge in [0.2, 0.25) is 0 Å². The van der Waals surface area contributed by atoms with E-state index in [0.29, 0.717) is 30.6 Å². The first kappa shape index (κ1) is 34.1. The average Bonchev–Trinajstić information content (AvgIpc) is 3.52. The van der Waals surface area contributed by atoms with Gasteiger partial charge < -0.3 is 25.0 Å². The molecule has 7 atom stereocenters. The van der Waals surface area contributed by atoms with Crippen molar-refractivity contribution in [3.63, 3.8) is 0 Å². The summed E-state index contributed by atoms with van der Waals surface area (Å²) in [6, 6.07) is 0. The minimum Gasteiger partial charge on any atom is -0.461 e. The third-order valence-electron chi connectivity index (χ3n) is 12.1. The predicted molar refractivity (Wildman–Crippen MR) is 177 cm³/mol. The van der Waals surface area contributed by atoms with Crippen LogP contribution in [-0.2, 0) is 21.4 Å². The van der Waals surface area contributed by atoms with Gasteiger partial charge in [0.05, 0.1) is 29.6 Å². The van der Waals surface area contributed by atoms with E-state index in [1.807, 2.05) is 6.20 Å². The van der Waals surface area contributed by atoms with Crippen LogP contribution in [0.2, 0.25) is 0 Å². The molecule has 4 N–H and O–H groups in total. The van der Waals surface area contributed by atoms with Crippen LogP contribution in [0.4, 0.5) is 0 Å². The number of aromatic amines is 1. The highest BCUT2D eigenvalue weighted by Gasteiger charge is 2.56. The molecule has 250 valence electrons. The van der Waals surface area contributed by atoms with Gasteiger partial charge in [-0.3, -0.25) is 4.79 Å². The fourth-order valence-electron chi connectivity index (χ4n) is 8.95. The molecule has 4 saturated carbocycles. The number of aliphatic hydroxyl groups excluding tert-OH is 3. The Hall–Kier alpha value is -2.22. The number of fused-ring (bicyclic) bond motifs is 1. The second-order valence-corrected chi connectivity index (χ2v) is 15.8. The SMILES string of the molecule is C=C1/C(=C\C=C2/CCC[C@]3(C)[C@@H]([C@H](C)CC[C@@H](OC(=O)C(C)(C)CO)C4(c5ncc(CCC)[nH]5)CC4)CC[C@@H]23)C[C@@H](O)C[C@@H]1O. The van der Waals surface area contributed by atoms with E-state index in [1.165, 1.54) is 31.3 Å². The van der Waals surface area contributed by atoms with Crippen LogP contribution in [0.5, 0.6) is 0 Å². The maximum Gasteiger partial charge on any atom is 0.314 e. The zero-order valence-corrected chi connectivity index (χ0v) is 28.4. The van der Waals surface area contributed by atoms with Crippen LogP contribution in [0.1, 0.15) is 123 Å². The molecule has 1 aromatic heterocycles. The topological polar surface area (TPSA) is 116 Å². The number of esters is 1. The number of carbonyl (C=O) groups is 1. The minimum absolute atomic E-state index is 0.225. The smallest absolute Gasteiger partial charge is 0.314 e. The van der Waals surface area contributed by atoms with Crippen molar-refractivity contribution in [2.24, 2.45) is 28.6 Å². The van der Waals surface area contributed by atoms with Crippen molar-refractivity contribution < 1.29 is 24.9 Å². The molecule has 4 aliphatic carbocycles. The molecule has 0 amide bonds. The minimum atomic E-state index is -0.942. The molecular formula is C38H58N2O5. The Morgan fingerprint density at radius 3 is 2.67 bits per heavy atom. The number of aromatic nitrogens is 2. The quantitative estimate of drug-likeness (QED) is 0.189. The summed E-state index contributed by atoms with van der Waals surface area (Å²) in [6.07, 6.45) is 17.4. The Labute approximate surface area is 270 Å². The van der Waals surface area contributed by atoms with Crippen LogP contribution < -0.4 is 0 Å². The van der Waals surface area contributed by atoms with E-state index in [2.05, 4.69) is 44.5 Å². The van der Waals surface area contributed by atoms with Gasteiger partial charge in [0, 0.05) is 18.3 Å². The van der Waals surface area contributed by atoms with E-state index in [9.17, 15) is 20.1 Å². The molecule has 5 rings (SSSR count). The highest BCUT2D eigenvalue weighted by atomic mass is 16.5. The molecular weight excluding hydrogens is 564 g/mol. The molecule has 0 aromatic carbocycles. The first-order chi connectivity index (χ1) is 21.3. The fraction of sp³-hybridized carbons (Fsp3) is 0.737. The Morgan fingerprint density at radius 2 is 1.98 bits per heavy atom. The molecule has 7 heteroatoms. The predicted octanol–water partition coefficient (Wildman–Crippen LogP) is 6.88. The lowest BCUT2D eigenvalue weighted by Crippen LogP contribution is -2.40. The molecule has 7 nitrogen and oxygen atoms in total. The largest absolute Gasteiger partial charge is 0.461 e. The molecule has 1 heterocycles. The summed E-state index contributed by atoms with van der Waals surface area (Å²) in [5.74, 6) is 2.22. The number of hydrogen-bond acceptors (Lipinski definition) is 6. The Bertz CT molecular complexity index is 1290. The molecule has 0 bridgehead atoms. The molecule has 45 heavy (non-hydrogen) atoms. The second-order valence-electron chi connectivity index (χ2n) is 15.8. The third-order valence-corrected chi connectivity index (χ3v) is 12.1. The molecule has 0 saturated heterocycles. The molecule has 4 fully saturated rings. The normalized spacial score (nSPS) is 32.8. The number of nitrogens with one attached hydrogen (secondary N) is 1. The standard InChI is InChI=1S/C38H58N2O5/c1-7-9-28-22-39-34(40-28)38(18-19-38)33(45-35(44)36(4,5)23-41)16-11-24(2)30-14-15-31-26(10-8-17-37(30,31)6)12-13-27-20-29(42)21-32(43)25(27)3/h12-13,22,24,29-33,41-43H,3,7-11,14-21,23H2,1-2,4-6H3,(H,39,40)/b26-12+,27-13-/t24-,29-,30-,31+,32+,33-,37-/m1/s1. The van der Waals surface area contributed by atoms with Gasteiger partial charge >= 0.3 is 5.97 Å². The number of hydrogen-bond donors (Lipinski definition) is 4. The average molecular weight is 623 g/mol. The van der Waals surface area contributed by atoms with Gasteiger partial charge in [0.25, 0.3) is 0 Å². The van der Waals surface area contributed by atoms with Crippen LogP contribution >= 0.6 is 0 Å². The highest BCUT2D eigenvalue weighted by molar-refractivity contribution is 5.76. The van der Waals surface area contributed by atoms with E-state index in [-0.39, 0.29) is 29.5 Å². The zero-order chi connectivity index (χ0) is 32.6. The van der Waals surface area contributed by atoms with Gasteiger partial charge in [-0.2, -0.15) is 0 Å². The summed E-state index contributed by atoms with van der Waals surface area (Å²) in [5, 5.41) is 30.4. The van der Waals surface area contributed by atoms with Gasteiger partial charge in [-0.05, 0) is 119 Å². The zero-order valence-electron chi connectivity index (χ0n) is 28.4. The Balaban J connectivity index is 1.31. The van der Waals surface area contributed by atoms with Crippen LogP contribution in [0.15, 0.2) is 41.6 Å². The van der Waals surface area contributed by atoms with E-state index in [4.69, 9.17) is 9.72 Å². The summed E-state index contributed by atoms with van der Waals surface area (Å²) in [7, 11) is 0. The van der Waals surface area contributed by atoms with Gasteiger partial charge in [0.1, 0.15) is 11.9 Å². The summed E-state index contributed by atoms with van der Waals surface area (Å²) >= 11 is 0. The summed E-state index contributed by atoms with van der Waals surface area (Å²) in [5.41, 5.74) is 3.37. The molecule has 0 aliphatic heterocycles. The number of aryl methyl sites for hydroxylation is 1. The number of allylic oxidation sites excluding steroid dienone is 3. The number of aliphatic hydroxyl groups is 3. The molecule has 0 unspecified atom stereocenters. The summed E-state index contributed by atoms with van der Waals surface area (Å²) < 4.78 is 6.32. The van der Waals surface area contributed by atoms with E-state index in [1.54, 1.807) is 13.8 Å². The van der Waals surface area contributed by atoms with Crippen LogP contribution in [0.25, 0.3) is 0 Å². The van der Waals surface area contributed by atoms with Gasteiger partial charge in [0.15, 0.2) is 0 Å². The number of rotatable bonds is 12. The summed E-state index contributed by atoms with van der Waals surface area (Å²) in [4.78, 5) is 21.6. The van der Waals surface area contributed by atoms with E-state index in [0.717, 1.165) is 67.6 Å². The monoisotopic (exact) mass is 622 g/mol. The molecule has 1 aromatic rings.